The average Bonchev–Trinajstić information content (AvgIpc) is 3.26. The van der Waals surface area contributed by atoms with Gasteiger partial charge >= 0.3 is 5.97 Å². The van der Waals surface area contributed by atoms with E-state index in [1.54, 1.807) is 0 Å². The van der Waals surface area contributed by atoms with Gasteiger partial charge in [0, 0.05) is 24.0 Å². The van der Waals surface area contributed by atoms with Crippen LogP contribution in [0.4, 0.5) is 17.1 Å². The molecule has 0 saturated carbocycles. The molecule has 1 aliphatic rings. The van der Waals surface area contributed by atoms with Gasteiger partial charge in [-0.1, -0.05) is 52.4 Å². The van der Waals surface area contributed by atoms with E-state index in [2.05, 4.69) is 23.9 Å². The molecule has 0 radical (unpaired) electrons. The van der Waals surface area contributed by atoms with Gasteiger partial charge in [-0.25, -0.2) is 4.79 Å². The van der Waals surface area contributed by atoms with E-state index in [0.717, 1.165) is 49.2 Å². The van der Waals surface area contributed by atoms with Crippen molar-refractivity contribution in [2.24, 2.45) is 5.11 Å². The Morgan fingerprint density at radius 2 is 1.76 bits per heavy atom. The van der Waals surface area contributed by atoms with Crippen molar-refractivity contribution >= 4 is 23.0 Å². The maximum Gasteiger partial charge on any atom is 0.338 e. The van der Waals surface area contributed by atoms with E-state index < -0.39 is 0 Å². The van der Waals surface area contributed by atoms with Crippen LogP contribution in [0.15, 0.2) is 41.5 Å². The number of anilines is 2. The van der Waals surface area contributed by atoms with Gasteiger partial charge in [0.05, 0.1) is 18.8 Å². The maximum absolute atomic E-state index is 12.3. The minimum absolute atomic E-state index is 0.246. The van der Waals surface area contributed by atoms with E-state index in [4.69, 9.17) is 15.0 Å². The summed E-state index contributed by atoms with van der Waals surface area (Å²) in [5.41, 5.74) is 10.2. The van der Waals surface area contributed by atoms with Crippen molar-refractivity contribution in [3.05, 3.63) is 47.5 Å². The summed E-state index contributed by atoms with van der Waals surface area (Å²) in [6.45, 7) is 6.29. The van der Waals surface area contributed by atoms with Gasteiger partial charge in [0.1, 0.15) is 0 Å². The maximum atomic E-state index is 12.3. The van der Waals surface area contributed by atoms with Crippen molar-refractivity contribution in [2.75, 3.05) is 24.7 Å². The number of nitrogens with zero attached hydrogens (tertiary/aromatic N) is 2. The number of ether oxygens (including phenoxy) is 2. The van der Waals surface area contributed by atoms with Crippen molar-refractivity contribution in [2.45, 2.75) is 71.6 Å². The number of fused-ring (bicyclic) bond motifs is 1. The highest BCUT2D eigenvalue weighted by molar-refractivity contribution is 5.91. The van der Waals surface area contributed by atoms with E-state index >= 15 is 0 Å². The fraction of sp³-hybridized carbons (Fsp3) is 0.519. The number of nitrogens with two attached hydrogens (primary N) is 1. The highest BCUT2D eigenvalue weighted by Crippen LogP contribution is 2.39. The first-order valence-electron chi connectivity index (χ1n) is 12.4. The lowest BCUT2D eigenvalue weighted by atomic mass is 10.1. The van der Waals surface area contributed by atoms with Crippen LogP contribution in [0.3, 0.4) is 0 Å². The van der Waals surface area contributed by atoms with Crippen LogP contribution in [0.1, 0.15) is 81.1 Å². The highest BCUT2D eigenvalue weighted by atomic mass is 16.5. The van der Waals surface area contributed by atoms with E-state index in [1.165, 1.54) is 32.1 Å². The second-order valence-corrected chi connectivity index (χ2v) is 8.63. The molecule has 0 atom stereocenters. The number of unbranched alkanes of at least 4 members (excludes halogenated alkanes) is 6. The Balaban J connectivity index is 1.65. The first-order valence-corrected chi connectivity index (χ1v) is 12.4. The molecule has 0 fully saturated rings. The molecular weight excluding hydrogens is 414 g/mol. The SMILES string of the molecule is CCCCCCCCOc1cc(N2CCc3cc(C(=O)OCCCC)ccc32)ccc1N=[NH2+]. The van der Waals surface area contributed by atoms with Gasteiger partial charge in [-0.2, -0.15) is 5.53 Å². The zero-order valence-electron chi connectivity index (χ0n) is 20.1. The molecule has 1 heterocycles. The van der Waals surface area contributed by atoms with E-state index in [-0.39, 0.29) is 5.97 Å². The first kappa shape index (κ1) is 24.7. The first-order chi connectivity index (χ1) is 16.2. The van der Waals surface area contributed by atoms with E-state index in [1.807, 2.05) is 36.4 Å². The molecule has 0 spiro atoms. The standard InChI is InChI=1S/C27H37N3O3/c1-3-5-7-8-9-10-18-32-26-20-23(12-13-24(26)29-28)30-16-15-21-19-22(11-14-25(21)30)27(31)33-17-6-4-2/h11-14,19-20,28H,3-10,15-18H2,1-2H3/p+1. The Morgan fingerprint density at radius 1 is 0.970 bits per heavy atom. The molecule has 6 heteroatoms. The number of esters is 1. The molecule has 6 nitrogen and oxygen atoms in total. The Labute approximate surface area is 197 Å². The van der Waals surface area contributed by atoms with Crippen LogP contribution < -0.4 is 15.2 Å². The van der Waals surface area contributed by atoms with Gasteiger partial charge in [0.15, 0.2) is 11.4 Å². The van der Waals surface area contributed by atoms with Crippen molar-refractivity contribution < 1.29 is 19.8 Å². The van der Waals surface area contributed by atoms with Crippen LogP contribution in [0.5, 0.6) is 5.75 Å². The lowest BCUT2D eigenvalue weighted by Gasteiger charge is -2.21. The van der Waals surface area contributed by atoms with Crippen molar-refractivity contribution in [1.29, 1.82) is 0 Å². The second kappa shape index (κ2) is 13.0. The molecule has 0 saturated heterocycles. The molecule has 0 unspecified atom stereocenters. The van der Waals surface area contributed by atoms with Gasteiger partial charge in [-0.3, -0.25) is 0 Å². The Kier molecular flexibility index (Phi) is 9.73. The Hall–Kier alpha value is -2.89. The van der Waals surface area contributed by atoms with Crippen LogP contribution in [-0.4, -0.2) is 25.7 Å². The molecule has 1 aliphatic heterocycles. The van der Waals surface area contributed by atoms with Gasteiger partial charge in [0.2, 0.25) is 0 Å². The second-order valence-electron chi connectivity index (χ2n) is 8.63. The average molecular weight is 453 g/mol. The van der Waals surface area contributed by atoms with Crippen LogP contribution in [0.2, 0.25) is 0 Å². The topological polar surface area (TPSA) is 76.7 Å². The van der Waals surface area contributed by atoms with E-state index in [0.29, 0.717) is 30.2 Å². The number of carbonyl (C=O) groups is 1. The summed E-state index contributed by atoms with van der Waals surface area (Å²) in [6, 6.07) is 11.8. The monoisotopic (exact) mass is 452 g/mol. The number of hydrogen-bond donors (Lipinski definition) is 1. The molecule has 0 aliphatic carbocycles. The molecule has 33 heavy (non-hydrogen) atoms. The molecule has 0 amide bonds. The third-order valence-electron chi connectivity index (χ3n) is 6.09. The summed E-state index contributed by atoms with van der Waals surface area (Å²) in [6.07, 6.45) is 10.1. The van der Waals surface area contributed by atoms with Gasteiger partial charge < -0.3 is 14.4 Å². The lowest BCUT2D eigenvalue weighted by Crippen LogP contribution is -2.22. The normalized spacial score (nSPS) is 12.5. The summed E-state index contributed by atoms with van der Waals surface area (Å²) >= 11 is 0. The summed E-state index contributed by atoms with van der Waals surface area (Å²) < 4.78 is 11.4. The number of rotatable bonds is 14. The Bertz CT molecular complexity index is 929. The molecule has 178 valence electrons. The van der Waals surface area contributed by atoms with Crippen LogP contribution in [0.25, 0.3) is 0 Å². The molecule has 0 aromatic heterocycles. The summed E-state index contributed by atoms with van der Waals surface area (Å²) in [7, 11) is 0. The fourth-order valence-electron chi connectivity index (χ4n) is 4.15. The van der Waals surface area contributed by atoms with Gasteiger partial charge in [-0.15, -0.1) is 0 Å². The smallest absolute Gasteiger partial charge is 0.338 e. The van der Waals surface area contributed by atoms with Crippen molar-refractivity contribution in [3.8, 4) is 5.75 Å². The summed E-state index contributed by atoms with van der Waals surface area (Å²) in [4.78, 5) is 14.6. The molecule has 2 aromatic carbocycles. The minimum Gasteiger partial charge on any atom is -0.491 e. The zero-order valence-corrected chi connectivity index (χ0v) is 20.1. The largest absolute Gasteiger partial charge is 0.491 e. The fourth-order valence-corrected chi connectivity index (χ4v) is 4.15. The number of benzene rings is 2. The predicted octanol–water partition coefficient (Wildman–Crippen LogP) is 5.92. The van der Waals surface area contributed by atoms with Gasteiger partial charge in [-0.05, 0) is 60.3 Å². The van der Waals surface area contributed by atoms with Gasteiger partial charge in [0.25, 0.3) is 0 Å². The van der Waals surface area contributed by atoms with Crippen molar-refractivity contribution in [3.63, 3.8) is 0 Å². The van der Waals surface area contributed by atoms with Crippen LogP contribution >= 0.6 is 0 Å². The molecule has 2 aromatic rings. The third-order valence-corrected chi connectivity index (χ3v) is 6.09. The molecular formula is C27H38N3O3+. The summed E-state index contributed by atoms with van der Waals surface area (Å²) in [5, 5.41) is 3.89. The number of hydrogen-bond acceptors (Lipinski definition) is 5. The van der Waals surface area contributed by atoms with Crippen molar-refractivity contribution in [1.82, 2.24) is 0 Å². The predicted molar refractivity (Wildman–Crippen MR) is 132 cm³/mol. The summed E-state index contributed by atoms with van der Waals surface area (Å²) in [5.74, 6) is 0.470. The third kappa shape index (κ3) is 6.80. The minimum atomic E-state index is -0.246. The van der Waals surface area contributed by atoms with E-state index in [9.17, 15) is 4.79 Å². The number of carbonyl (C=O) groups excluding carboxylic acids is 1. The van der Waals surface area contributed by atoms with Crippen LogP contribution in [-0.2, 0) is 11.2 Å². The Morgan fingerprint density at radius 3 is 2.55 bits per heavy atom. The zero-order chi connectivity index (χ0) is 23.5. The van der Waals surface area contributed by atoms with Crippen LogP contribution in [0, 0.1) is 0 Å². The molecule has 2 N–H and O–H groups in total. The highest BCUT2D eigenvalue weighted by Gasteiger charge is 2.23. The molecule has 3 rings (SSSR count). The quantitative estimate of drug-likeness (QED) is 0.219. The lowest BCUT2D eigenvalue weighted by molar-refractivity contribution is -0.210. The molecule has 0 bridgehead atoms.